The number of carbonyl (C=O) groups is 2. The van der Waals surface area contributed by atoms with Gasteiger partial charge in [0, 0.05) is 41.9 Å². The van der Waals surface area contributed by atoms with Crippen LogP contribution >= 0.6 is 0 Å². The molecule has 2 aliphatic heterocycles. The summed E-state index contributed by atoms with van der Waals surface area (Å²) in [6, 6.07) is 11.5. The van der Waals surface area contributed by atoms with E-state index >= 15 is 0 Å². The number of aromatic nitrogens is 1. The van der Waals surface area contributed by atoms with Gasteiger partial charge in [-0.15, -0.1) is 0 Å². The molecule has 164 valence electrons. The summed E-state index contributed by atoms with van der Waals surface area (Å²) in [4.78, 5) is 26.9. The molecule has 0 fully saturated rings. The molecule has 1 atom stereocenters. The number of phenols is 1. The van der Waals surface area contributed by atoms with E-state index in [1.165, 1.54) is 18.9 Å². The van der Waals surface area contributed by atoms with Gasteiger partial charge in [-0.05, 0) is 49.2 Å². The molecule has 2 aromatic carbocycles. The lowest BCUT2D eigenvalue weighted by atomic mass is 9.84. The molecule has 0 spiro atoms. The number of methoxy groups -OCH3 is 1. The lowest BCUT2D eigenvalue weighted by Crippen LogP contribution is -2.33. The second kappa shape index (κ2) is 7.15. The second-order valence-electron chi connectivity index (χ2n) is 8.58. The van der Waals surface area contributed by atoms with Crippen LogP contribution in [0.25, 0.3) is 10.9 Å². The fourth-order valence-electron chi connectivity index (χ4n) is 4.89. The number of ether oxygens (including phenoxy) is 1. The van der Waals surface area contributed by atoms with Crippen LogP contribution in [-0.4, -0.2) is 40.0 Å². The molecule has 1 aromatic heterocycles. The van der Waals surface area contributed by atoms with Crippen LogP contribution in [-0.2, 0) is 9.59 Å². The number of hydrogen-bond acceptors (Lipinski definition) is 5. The minimum atomic E-state index is -0.447. The number of nitrogens with zero attached hydrogens (tertiary/aromatic N) is 2. The maximum absolute atomic E-state index is 13.4. The van der Waals surface area contributed by atoms with E-state index in [0.717, 1.165) is 27.7 Å². The highest BCUT2D eigenvalue weighted by Crippen LogP contribution is 2.47. The molecule has 0 radical (unpaired) electrons. The summed E-state index contributed by atoms with van der Waals surface area (Å²) >= 11 is 0. The van der Waals surface area contributed by atoms with Gasteiger partial charge in [-0.25, -0.2) is 0 Å². The zero-order valence-corrected chi connectivity index (χ0v) is 18.5. The first-order valence-electron chi connectivity index (χ1n) is 10.6. The Hall–Kier alpha value is -3.74. The summed E-state index contributed by atoms with van der Waals surface area (Å²) in [5, 5.41) is 15.0. The zero-order valence-electron chi connectivity index (χ0n) is 18.5. The van der Waals surface area contributed by atoms with Crippen molar-refractivity contribution in [2.45, 2.75) is 32.7 Å². The van der Waals surface area contributed by atoms with E-state index in [4.69, 9.17) is 4.74 Å². The largest absolute Gasteiger partial charge is 0.504 e. The van der Waals surface area contributed by atoms with E-state index in [2.05, 4.69) is 36.0 Å². The minimum Gasteiger partial charge on any atom is -0.504 e. The number of imide groups is 1. The average Bonchev–Trinajstić information content (AvgIpc) is 3.24. The summed E-state index contributed by atoms with van der Waals surface area (Å²) in [7, 11) is 1.50. The third-order valence-corrected chi connectivity index (χ3v) is 6.36. The number of nitrogens with one attached hydrogen (secondary N) is 1. The molecule has 0 unspecified atom stereocenters. The van der Waals surface area contributed by atoms with Crippen LogP contribution in [0.15, 0.2) is 53.9 Å². The molecule has 7 heteroatoms. The van der Waals surface area contributed by atoms with Crippen LogP contribution in [0, 0.1) is 0 Å². The Morgan fingerprint density at radius 3 is 2.69 bits per heavy atom. The Balaban J connectivity index is 1.82. The van der Waals surface area contributed by atoms with Crippen LogP contribution in [0.5, 0.6) is 11.5 Å². The molecule has 0 saturated heterocycles. The van der Waals surface area contributed by atoms with Crippen LogP contribution in [0.2, 0.25) is 0 Å². The number of anilines is 1. The van der Waals surface area contributed by atoms with Gasteiger partial charge in [0.2, 0.25) is 5.91 Å². The van der Waals surface area contributed by atoms with Crippen molar-refractivity contribution in [2.24, 2.45) is 0 Å². The second-order valence-corrected chi connectivity index (χ2v) is 8.58. The van der Waals surface area contributed by atoms with Crippen molar-refractivity contribution >= 4 is 28.4 Å². The van der Waals surface area contributed by atoms with Gasteiger partial charge in [0.05, 0.1) is 24.7 Å². The molecule has 7 nitrogen and oxygen atoms in total. The number of aromatic hydroxyl groups is 1. The number of rotatable bonds is 3. The first-order valence-corrected chi connectivity index (χ1v) is 10.6. The van der Waals surface area contributed by atoms with Gasteiger partial charge in [-0.2, -0.15) is 0 Å². The van der Waals surface area contributed by atoms with Crippen molar-refractivity contribution < 1.29 is 19.4 Å². The third-order valence-electron chi connectivity index (χ3n) is 6.36. The quantitative estimate of drug-likeness (QED) is 0.651. The smallest absolute Gasteiger partial charge is 0.259 e. The van der Waals surface area contributed by atoms with E-state index < -0.39 is 5.92 Å². The number of carbonyl (C=O) groups excluding carboxylic acids is 2. The van der Waals surface area contributed by atoms with Gasteiger partial charge >= 0.3 is 0 Å². The van der Waals surface area contributed by atoms with Gasteiger partial charge < -0.3 is 19.7 Å². The van der Waals surface area contributed by atoms with Crippen molar-refractivity contribution in [3.05, 3.63) is 65.0 Å². The number of hydrogen-bond donors (Lipinski definition) is 2. The Morgan fingerprint density at radius 2 is 2.03 bits per heavy atom. The molecule has 0 bridgehead atoms. The maximum Gasteiger partial charge on any atom is 0.259 e. The first kappa shape index (κ1) is 20.2. The van der Waals surface area contributed by atoms with Crippen molar-refractivity contribution in [1.82, 2.24) is 9.47 Å². The number of phenolic OH excluding ortho intramolecular Hbond substituents is 1. The lowest BCUT2D eigenvalue weighted by Gasteiger charge is -2.20. The molecule has 3 heterocycles. The highest BCUT2D eigenvalue weighted by atomic mass is 16.5. The fraction of sp³-hybridized carbons (Fsp3) is 0.280. The highest BCUT2D eigenvalue weighted by Gasteiger charge is 2.41. The standard InChI is InChI=1S/C25H25N3O4/c1-13(2)27-11-16-22(15-8-9-21(32-4)20(30)10-15)24-18(12-28(14(3)29)25(24)31)26-17-6-5-7-19(27)23(16)17/h5-11,13,22,26,30H,12H2,1-4H3/t22-/m0/s1. The molecule has 2 amide bonds. The zero-order chi connectivity index (χ0) is 22.7. The first-order chi connectivity index (χ1) is 15.3. The Labute approximate surface area is 185 Å². The van der Waals surface area contributed by atoms with E-state index in [9.17, 15) is 14.7 Å². The summed E-state index contributed by atoms with van der Waals surface area (Å²) in [5.74, 6) is -0.676. The van der Waals surface area contributed by atoms with Crippen molar-refractivity contribution in [1.29, 1.82) is 0 Å². The Morgan fingerprint density at radius 1 is 1.25 bits per heavy atom. The number of benzene rings is 2. The third kappa shape index (κ3) is 2.81. The fourth-order valence-corrected chi connectivity index (χ4v) is 4.89. The van der Waals surface area contributed by atoms with Gasteiger partial charge in [-0.1, -0.05) is 12.1 Å². The Kier molecular flexibility index (Phi) is 4.51. The van der Waals surface area contributed by atoms with Gasteiger partial charge in [-0.3, -0.25) is 14.5 Å². The van der Waals surface area contributed by atoms with Crippen LogP contribution in [0.4, 0.5) is 5.69 Å². The number of amides is 2. The van der Waals surface area contributed by atoms with Crippen LogP contribution in [0.1, 0.15) is 43.9 Å². The van der Waals surface area contributed by atoms with Gasteiger partial charge in [0.25, 0.3) is 5.91 Å². The van der Waals surface area contributed by atoms with Gasteiger partial charge in [0.15, 0.2) is 11.5 Å². The molecule has 3 aromatic rings. The molecular formula is C25H25N3O4. The predicted molar refractivity (Wildman–Crippen MR) is 122 cm³/mol. The van der Waals surface area contributed by atoms with Crippen LogP contribution in [0.3, 0.4) is 0 Å². The maximum atomic E-state index is 13.4. The molecule has 32 heavy (non-hydrogen) atoms. The summed E-state index contributed by atoms with van der Waals surface area (Å²) in [5.41, 5.74) is 4.94. The van der Waals surface area contributed by atoms with E-state index in [-0.39, 0.29) is 30.2 Å². The average molecular weight is 431 g/mol. The molecule has 2 aliphatic rings. The van der Waals surface area contributed by atoms with E-state index in [1.807, 2.05) is 18.2 Å². The van der Waals surface area contributed by atoms with E-state index in [0.29, 0.717) is 17.0 Å². The predicted octanol–water partition coefficient (Wildman–Crippen LogP) is 4.14. The summed E-state index contributed by atoms with van der Waals surface area (Å²) in [6.07, 6.45) is 2.09. The normalized spacial score (nSPS) is 17.6. The Bertz CT molecular complexity index is 1320. The highest BCUT2D eigenvalue weighted by molar-refractivity contribution is 6.11. The molecule has 0 saturated carbocycles. The minimum absolute atomic E-state index is 0.00560. The summed E-state index contributed by atoms with van der Waals surface area (Å²) in [6.45, 7) is 5.84. The van der Waals surface area contributed by atoms with Crippen molar-refractivity contribution in [3.8, 4) is 11.5 Å². The van der Waals surface area contributed by atoms with Gasteiger partial charge in [0.1, 0.15) is 0 Å². The van der Waals surface area contributed by atoms with Crippen molar-refractivity contribution in [2.75, 3.05) is 19.0 Å². The lowest BCUT2D eigenvalue weighted by molar-refractivity contribution is -0.139. The van der Waals surface area contributed by atoms with E-state index in [1.54, 1.807) is 12.1 Å². The van der Waals surface area contributed by atoms with Crippen molar-refractivity contribution in [3.63, 3.8) is 0 Å². The SMILES string of the molecule is COc1ccc([C@@H]2C3=C(CN(C(C)=O)C3=O)Nc3cccc4c3c2cn4C(C)C)cc1O. The van der Waals surface area contributed by atoms with Crippen LogP contribution < -0.4 is 10.1 Å². The topological polar surface area (TPSA) is 83.8 Å². The monoisotopic (exact) mass is 431 g/mol. The summed E-state index contributed by atoms with van der Waals surface area (Å²) < 4.78 is 7.41. The molecule has 2 N–H and O–H groups in total. The molecule has 0 aliphatic carbocycles. The molecule has 5 rings (SSSR count). The molecular weight excluding hydrogens is 406 g/mol.